The summed E-state index contributed by atoms with van der Waals surface area (Å²) < 4.78 is 8.60. The molecule has 2 heterocycles. The molecule has 2 aromatic heterocycles. The fourth-order valence-electron chi connectivity index (χ4n) is 2.62. The van der Waals surface area contributed by atoms with E-state index >= 15 is 0 Å². The molecule has 27 heavy (non-hydrogen) atoms. The maximum Gasteiger partial charge on any atom is 0.175 e. The Bertz CT molecular complexity index is 916. The van der Waals surface area contributed by atoms with E-state index in [2.05, 4.69) is 49.4 Å². The van der Waals surface area contributed by atoms with Gasteiger partial charge in [-0.3, -0.25) is 0 Å². The number of nitrogen functional groups attached to an aromatic ring is 1. The molecule has 7 nitrogen and oxygen atoms in total. The zero-order valence-corrected chi connectivity index (χ0v) is 18.4. The largest absolute Gasteiger partial charge is 0.497 e. The van der Waals surface area contributed by atoms with Crippen LogP contribution in [0.3, 0.4) is 0 Å². The molecule has 0 aliphatic heterocycles. The van der Waals surface area contributed by atoms with Gasteiger partial charge in [-0.2, -0.15) is 0 Å². The average Bonchev–Trinajstić information content (AvgIpc) is 3.02. The molecule has 3 rings (SSSR count). The zero-order chi connectivity index (χ0) is 19.2. The lowest BCUT2D eigenvalue weighted by atomic mass is 10.3. The molecule has 3 N–H and O–H groups in total. The number of nitrogens with two attached hydrogens (primary N) is 1. The van der Waals surface area contributed by atoms with Crippen LogP contribution in [0.5, 0.6) is 5.75 Å². The molecule has 1 aromatic carbocycles. The SMILES string of the molecule is CCCCNCCn1c(Sc2cc(OC)ccc2I)nc2c(N)ncnc21. The summed E-state index contributed by atoms with van der Waals surface area (Å²) in [5, 5.41) is 4.32. The molecule has 0 unspecified atom stereocenters. The third kappa shape index (κ3) is 4.82. The molecule has 0 aliphatic carbocycles. The second-order valence-electron chi connectivity index (χ2n) is 5.98. The molecule has 0 saturated carbocycles. The normalized spacial score (nSPS) is 11.2. The van der Waals surface area contributed by atoms with Crippen LogP contribution in [0.25, 0.3) is 11.2 Å². The number of nitrogens with zero attached hydrogens (tertiary/aromatic N) is 4. The predicted molar refractivity (Wildman–Crippen MR) is 117 cm³/mol. The van der Waals surface area contributed by atoms with Crippen molar-refractivity contribution in [1.29, 1.82) is 0 Å². The fraction of sp³-hybridized carbons (Fsp3) is 0.389. The Labute approximate surface area is 176 Å². The standard InChI is InChI=1S/C18H23IN6OS/c1-3-4-7-21-8-9-25-17-15(16(20)22-11-23-17)24-18(25)27-14-10-12(26-2)5-6-13(14)19/h5-6,10-11,21H,3-4,7-9H2,1-2H3,(H2,20,22,23). The summed E-state index contributed by atoms with van der Waals surface area (Å²) in [6, 6.07) is 6.01. The van der Waals surface area contributed by atoms with E-state index in [0.717, 1.165) is 44.7 Å². The quantitative estimate of drug-likeness (QED) is 0.345. The number of ether oxygens (including phenoxy) is 1. The predicted octanol–water partition coefficient (Wildman–Crippen LogP) is 3.56. The van der Waals surface area contributed by atoms with Crippen LogP contribution < -0.4 is 15.8 Å². The number of unbranched alkanes of at least 4 members (excludes halogenated alkanes) is 1. The molecule has 0 amide bonds. The molecule has 0 bridgehead atoms. The Hall–Kier alpha value is -1.59. The maximum atomic E-state index is 6.03. The lowest BCUT2D eigenvalue weighted by molar-refractivity contribution is 0.413. The lowest BCUT2D eigenvalue weighted by Gasteiger charge is -2.11. The van der Waals surface area contributed by atoms with Crippen LogP contribution in [-0.4, -0.2) is 39.7 Å². The molecule has 3 aromatic rings. The Morgan fingerprint density at radius 3 is 2.93 bits per heavy atom. The summed E-state index contributed by atoms with van der Waals surface area (Å²) in [6.45, 7) is 4.81. The smallest absolute Gasteiger partial charge is 0.175 e. The van der Waals surface area contributed by atoms with E-state index in [4.69, 9.17) is 15.5 Å². The Kier molecular flexibility index (Phi) is 7.13. The highest BCUT2D eigenvalue weighted by Crippen LogP contribution is 2.35. The molecule has 0 radical (unpaired) electrons. The van der Waals surface area contributed by atoms with Gasteiger partial charge in [0.05, 0.1) is 7.11 Å². The number of hydrogen-bond acceptors (Lipinski definition) is 7. The molecule has 0 spiro atoms. The molecule has 0 fully saturated rings. The van der Waals surface area contributed by atoms with Crippen LogP contribution in [0.4, 0.5) is 5.82 Å². The second kappa shape index (κ2) is 9.56. The van der Waals surface area contributed by atoms with E-state index in [-0.39, 0.29) is 0 Å². The van der Waals surface area contributed by atoms with Crippen molar-refractivity contribution in [2.75, 3.05) is 25.9 Å². The minimum atomic E-state index is 0.403. The summed E-state index contributed by atoms with van der Waals surface area (Å²) >= 11 is 3.91. The molecule has 9 heteroatoms. The van der Waals surface area contributed by atoms with Crippen LogP contribution in [-0.2, 0) is 6.54 Å². The van der Waals surface area contributed by atoms with E-state index in [0.29, 0.717) is 11.3 Å². The minimum absolute atomic E-state index is 0.403. The van der Waals surface area contributed by atoms with Gasteiger partial charge in [0.25, 0.3) is 0 Å². The van der Waals surface area contributed by atoms with Gasteiger partial charge >= 0.3 is 0 Å². The lowest BCUT2D eigenvalue weighted by Crippen LogP contribution is -2.21. The summed E-state index contributed by atoms with van der Waals surface area (Å²) in [5.41, 5.74) is 7.44. The monoisotopic (exact) mass is 498 g/mol. The van der Waals surface area contributed by atoms with Crippen molar-refractivity contribution in [3.05, 3.63) is 28.1 Å². The van der Waals surface area contributed by atoms with Crippen LogP contribution >= 0.6 is 34.4 Å². The number of anilines is 1. The number of fused-ring (bicyclic) bond motifs is 1. The van der Waals surface area contributed by atoms with E-state index in [1.54, 1.807) is 18.9 Å². The minimum Gasteiger partial charge on any atom is -0.497 e. The van der Waals surface area contributed by atoms with Crippen LogP contribution in [0, 0.1) is 3.57 Å². The highest BCUT2D eigenvalue weighted by atomic mass is 127. The third-order valence-electron chi connectivity index (χ3n) is 4.08. The number of benzene rings is 1. The van der Waals surface area contributed by atoms with E-state index in [1.165, 1.54) is 19.2 Å². The van der Waals surface area contributed by atoms with Gasteiger partial charge in [0.15, 0.2) is 22.1 Å². The van der Waals surface area contributed by atoms with Gasteiger partial charge in [-0.1, -0.05) is 25.1 Å². The van der Waals surface area contributed by atoms with Crippen LogP contribution in [0.1, 0.15) is 19.8 Å². The molecule has 0 saturated heterocycles. The van der Waals surface area contributed by atoms with Crippen molar-refractivity contribution in [2.24, 2.45) is 0 Å². The number of halogens is 1. The first-order chi connectivity index (χ1) is 13.1. The number of nitrogens with one attached hydrogen (secondary N) is 1. The number of rotatable bonds is 9. The van der Waals surface area contributed by atoms with Crippen molar-refractivity contribution in [3.8, 4) is 5.75 Å². The molecule has 144 valence electrons. The Morgan fingerprint density at radius 2 is 2.15 bits per heavy atom. The van der Waals surface area contributed by atoms with E-state index in [9.17, 15) is 0 Å². The van der Waals surface area contributed by atoms with Crippen molar-refractivity contribution < 1.29 is 4.74 Å². The summed E-state index contributed by atoms with van der Waals surface area (Å²) in [7, 11) is 1.67. The first kappa shape index (κ1) is 20.2. The summed E-state index contributed by atoms with van der Waals surface area (Å²) in [5.74, 6) is 1.22. The van der Waals surface area contributed by atoms with Crippen molar-refractivity contribution in [1.82, 2.24) is 24.8 Å². The number of methoxy groups -OCH3 is 1. The van der Waals surface area contributed by atoms with E-state index < -0.39 is 0 Å². The maximum absolute atomic E-state index is 6.03. The van der Waals surface area contributed by atoms with Crippen LogP contribution in [0.2, 0.25) is 0 Å². The number of hydrogen-bond donors (Lipinski definition) is 2. The van der Waals surface area contributed by atoms with Gasteiger partial charge in [-0.25, -0.2) is 15.0 Å². The third-order valence-corrected chi connectivity index (χ3v) is 6.44. The highest BCUT2D eigenvalue weighted by molar-refractivity contribution is 14.1. The first-order valence-electron chi connectivity index (χ1n) is 8.82. The number of imidazole rings is 1. The zero-order valence-electron chi connectivity index (χ0n) is 15.4. The van der Waals surface area contributed by atoms with Crippen molar-refractivity contribution in [2.45, 2.75) is 36.4 Å². The highest BCUT2D eigenvalue weighted by Gasteiger charge is 2.17. The van der Waals surface area contributed by atoms with Gasteiger partial charge in [-0.15, -0.1) is 0 Å². The van der Waals surface area contributed by atoms with Gasteiger partial charge < -0.3 is 20.4 Å². The Balaban J connectivity index is 1.91. The van der Waals surface area contributed by atoms with Gasteiger partial charge in [0, 0.05) is 21.6 Å². The van der Waals surface area contributed by atoms with Crippen LogP contribution in [0.15, 0.2) is 34.6 Å². The van der Waals surface area contributed by atoms with Gasteiger partial charge in [0.2, 0.25) is 0 Å². The average molecular weight is 498 g/mol. The van der Waals surface area contributed by atoms with E-state index in [1.807, 2.05) is 18.2 Å². The second-order valence-corrected chi connectivity index (χ2v) is 8.15. The molecule has 0 aliphatic rings. The van der Waals surface area contributed by atoms with Crippen molar-refractivity contribution in [3.63, 3.8) is 0 Å². The summed E-state index contributed by atoms with van der Waals surface area (Å²) in [6.07, 6.45) is 3.84. The number of aromatic nitrogens is 4. The first-order valence-corrected chi connectivity index (χ1v) is 10.7. The molecular weight excluding hydrogens is 475 g/mol. The van der Waals surface area contributed by atoms with Crippen molar-refractivity contribution >= 4 is 51.3 Å². The van der Waals surface area contributed by atoms with Gasteiger partial charge in [-0.05, 0) is 53.8 Å². The molecular formula is C18H23IN6OS. The Morgan fingerprint density at radius 1 is 1.30 bits per heavy atom. The summed E-state index contributed by atoms with van der Waals surface area (Å²) in [4.78, 5) is 14.3. The molecule has 0 atom stereocenters. The van der Waals surface area contributed by atoms with Gasteiger partial charge in [0.1, 0.15) is 12.1 Å². The topological polar surface area (TPSA) is 90.9 Å². The fourth-order valence-corrected chi connectivity index (χ4v) is 4.25.